The standard InChI is InChI=1S/C15H19NO2/c1-4-11-5-7-12(8-6-11)10(2)15(3)9-13(17)16-14(15)18/h5-8,10H,4,9H2,1-3H3,(H,16,17,18)/t10-,15+/m1/s1. The average molecular weight is 245 g/mol. The molecule has 3 heteroatoms. The molecule has 18 heavy (non-hydrogen) atoms. The van der Waals surface area contributed by atoms with Gasteiger partial charge in [-0.15, -0.1) is 0 Å². The summed E-state index contributed by atoms with van der Waals surface area (Å²) < 4.78 is 0. The monoisotopic (exact) mass is 245 g/mol. The van der Waals surface area contributed by atoms with Gasteiger partial charge in [-0.3, -0.25) is 14.9 Å². The minimum atomic E-state index is -0.620. The maximum absolute atomic E-state index is 11.9. The summed E-state index contributed by atoms with van der Waals surface area (Å²) in [6.45, 7) is 5.99. The van der Waals surface area contributed by atoms with Gasteiger partial charge in [0.25, 0.3) is 0 Å². The smallest absolute Gasteiger partial charge is 0.233 e. The van der Waals surface area contributed by atoms with Crippen LogP contribution in [0.5, 0.6) is 0 Å². The molecule has 2 atom stereocenters. The Bertz CT molecular complexity index is 478. The molecule has 0 aliphatic carbocycles. The molecule has 1 aromatic carbocycles. The highest BCUT2D eigenvalue weighted by atomic mass is 16.2. The van der Waals surface area contributed by atoms with E-state index in [0.29, 0.717) is 0 Å². The molecule has 3 nitrogen and oxygen atoms in total. The predicted molar refractivity (Wildman–Crippen MR) is 70.1 cm³/mol. The van der Waals surface area contributed by atoms with Gasteiger partial charge in [-0.1, -0.05) is 38.1 Å². The Morgan fingerprint density at radius 1 is 1.28 bits per heavy atom. The summed E-state index contributed by atoms with van der Waals surface area (Å²) >= 11 is 0. The van der Waals surface area contributed by atoms with Crippen molar-refractivity contribution in [1.82, 2.24) is 5.32 Å². The Hall–Kier alpha value is -1.64. The van der Waals surface area contributed by atoms with Crippen molar-refractivity contribution in [2.75, 3.05) is 0 Å². The van der Waals surface area contributed by atoms with E-state index in [9.17, 15) is 9.59 Å². The van der Waals surface area contributed by atoms with E-state index in [0.717, 1.165) is 12.0 Å². The van der Waals surface area contributed by atoms with E-state index >= 15 is 0 Å². The predicted octanol–water partition coefficient (Wildman–Crippen LogP) is 2.41. The van der Waals surface area contributed by atoms with E-state index in [4.69, 9.17) is 0 Å². The maximum Gasteiger partial charge on any atom is 0.233 e. The molecule has 1 N–H and O–H groups in total. The van der Waals surface area contributed by atoms with Crippen LogP contribution in [0.4, 0.5) is 0 Å². The summed E-state index contributed by atoms with van der Waals surface area (Å²) in [4.78, 5) is 23.3. The number of carbonyl (C=O) groups excluding carboxylic acids is 2. The number of aryl methyl sites for hydroxylation is 1. The number of amides is 2. The highest BCUT2D eigenvalue weighted by Crippen LogP contribution is 2.41. The molecule has 0 aromatic heterocycles. The third-order valence-electron chi connectivity index (χ3n) is 4.14. The molecule has 2 amide bonds. The lowest BCUT2D eigenvalue weighted by Gasteiger charge is -2.28. The lowest BCUT2D eigenvalue weighted by atomic mass is 9.73. The molecule has 1 saturated heterocycles. The van der Waals surface area contributed by atoms with Crippen LogP contribution in [-0.2, 0) is 16.0 Å². The average Bonchev–Trinajstić information content (AvgIpc) is 2.63. The molecule has 0 spiro atoms. The zero-order chi connectivity index (χ0) is 13.3. The van der Waals surface area contributed by atoms with Crippen molar-refractivity contribution in [3.05, 3.63) is 35.4 Å². The van der Waals surface area contributed by atoms with Crippen LogP contribution in [0.3, 0.4) is 0 Å². The number of hydrogen-bond donors (Lipinski definition) is 1. The Morgan fingerprint density at radius 3 is 2.33 bits per heavy atom. The van der Waals surface area contributed by atoms with Crippen molar-refractivity contribution in [3.63, 3.8) is 0 Å². The molecule has 0 unspecified atom stereocenters. The fourth-order valence-electron chi connectivity index (χ4n) is 2.49. The fraction of sp³-hybridized carbons (Fsp3) is 0.467. The van der Waals surface area contributed by atoms with E-state index in [1.165, 1.54) is 5.56 Å². The van der Waals surface area contributed by atoms with Crippen LogP contribution in [0.2, 0.25) is 0 Å². The van der Waals surface area contributed by atoms with Crippen LogP contribution in [0.15, 0.2) is 24.3 Å². The van der Waals surface area contributed by atoms with Gasteiger partial charge >= 0.3 is 0 Å². The largest absolute Gasteiger partial charge is 0.296 e. The van der Waals surface area contributed by atoms with Crippen molar-refractivity contribution in [1.29, 1.82) is 0 Å². The zero-order valence-electron chi connectivity index (χ0n) is 11.1. The first-order valence-corrected chi connectivity index (χ1v) is 6.40. The molecule has 1 fully saturated rings. The Balaban J connectivity index is 2.27. The lowest BCUT2D eigenvalue weighted by molar-refractivity contribution is -0.128. The summed E-state index contributed by atoms with van der Waals surface area (Å²) in [6, 6.07) is 8.30. The normalized spacial score (nSPS) is 25.1. The van der Waals surface area contributed by atoms with E-state index < -0.39 is 5.41 Å². The maximum atomic E-state index is 11.9. The molecule has 2 rings (SSSR count). The topological polar surface area (TPSA) is 46.2 Å². The summed E-state index contributed by atoms with van der Waals surface area (Å²) in [5, 5.41) is 2.40. The first kappa shape index (κ1) is 12.8. The quantitative estimate of drug-likeness (QED) is 0.831. The van der Waals surface area contributed by atoms with E-state index in [2.05, 4.69) is 36.5 Å². The third-order valence-corrected chi connectivity index (χ3v) is 4.14. The number of hydrogen-bond acceptors (Lipinski definition) is 2. The summed E-state index contributed by atoms with van der Waals surface area (Å²) in [7, 11) is 0. The molecule has 1 aliphatic rings. The van der Waals surface area contributed by atoms with Crippen LogP contribution in [0, 0.1) is 5.41 Å². The van der Waals surface area contributed by atoms with Crippen LogP contribution in [0.1, 0.15) is 44.2 Å². The number of benzene rings is 1. The Morgan fingerprint density at radius 2 is 1.89 bits per heavy atom. The van der Waals surface area contributed by atoms with Crippen molar-refractivity contribution < 1.29 is 9.59 Å². The zero-order valence-corrected chi connectivity index (χ0v) is 11.1. The molecule has 96 valence electrons. The van der Waals surface area contributed by atoms with Crippen molar-refractivity contribution >= 4 is 11.8 Å². The van der Waals surface area contributed by atoms with Gasteiger partial charge in [-0.2, -0.15) is 0 Å². The van der Waals surface area contributed by atoms with Crippen LogP contribution < -0.4 is 5.32 Å². The van der Waals surface area contributed by atoms with Crippen molar-refractivity contribution in [3.8, 4) is 0 Å². The highest BCUT2D eigenvalue weighted by Gasteiger charge is 2.46. The molecule has 0 saturated carbocycles. The summed E-state index contributed by atoms with van der Waals surface area (Å²) in [5.41, 5.74) is 1.77. The van der Waals surface area contributed by atoms with Gasteiger partial charge in [-0.05, 0) is 30.4 Å². The first-order chi connectivity index (χ1) is 8.47. The first-order valence-electron chi connectivity index (χ1n) is 6.40. The van der Waals surface area contributed by atoms with Gasteiger partial charge in [0, 0.05) is 6.42 Å². The minimum absolute atomic E-state index is 0.0369. The molecule has 1 aliphatic heterocycles. The minimum Gasteiger partial charge on any atom is -0.296 e. The molecule has 1 aromatic rings. The van der Waals surface area contributed by atoms with Gasteiger partial charge in [0.2, 0.25) is 11.8 Å². The third kappa shape index (κ3) is 2.05. The SMILES string of the molecule is CCc1ccc([C@@H](C)[C@]2(C)CC(=O)NC2=O)cc1. The number of nitrogens with one attached hydrogen (secondary N) is 1. The van der Waals surface area contributed by atoms with Gasteiger partial charge in [0.1, 0.15) is 0 Å². The van der Waals surface area contributed by atoms with Crippen LogP contribution >= 0.6 is 0 Å². The number of imide groups is 1. The molecule has 1 heterocycles. The molecule has 0 bridgehead atoms. The van der Waals surface area contributed by atoms with E-state index in [-0.39, 0.29) is 24.2 Å². The lowest BCUT2D eigenvalue weighted by Crippen LogP contribution is -2.33. The van der Waals surface area contributed by atoms with Gasteiger partial charge in [-0.25, -0.2) is 0 Å². The van der Waals surface area contributed by atoms with Gasteiger partial charge < -0.3 is 0 Å². The van der Waals surface area contributed by atoms with Crippen molar-refractivity contribution in [2.24, 2.45) is 5.41 Å². The Labute approximate surface area is 108 Å². The van der Waals surface area contributed by atoms with Crippen molar-refractivity contribution in [2.45, 2.75) is 39.5 Å². The Kier molecular flexibility index (Phi) is 3.24. The summed E-state index contributed by atoms with van der Waals surface area (Å²) in [5.74, 6) is -0.283. The van der Waals surface area contributed by atoms with Gasteiger partial charge in [0.05, 0.1) is 5.41 Å². The molecule has 0 radical (unpaired) electrons. The number of rotatable bonds is 3. The van der Waals surface area contributed by atoms with E-state index in [1.54, 1.807) is 0 Å². The van der Waals surface area contributed by atoms with Crippen LogP contribution in [0.25, 0.3) is 0 Å². The fourth-order valence-corrected chi connectivity index (χ4v) is 2.49. The van der Waals surface area contributed by atoms with Crippen LogP contribution in [-0.4, -0.2) is 11.8 Å². The molecular weight excluding hydrogens is 226 g/mol. The molecular formula is C15H19NO2. The second kappa shape index (κ2) is 4.56. The second-order valence-electron chi connectivity index (χ2n) is 5.29. The second-order valence-corrected chi connectivity index (χ2v) is 5.29. The number of carbonyl (C=O) groups is 2. The van der Waals surface area contributed by atoms with E-state index in [1.807, 2.05) is 13.8 Å². The highest BCUT2D eigenvalue weighted by molar-refractivity contribution is 6.06. The summed E-state index contributed by atoms with van der Waals surface area (Å²) in [6.07, 6.45) is 1.29. The van der Waals surface area contributed by atoms with Gasteiger partial charge in [0.15, 0.2) is 0 Å².